The summed E-state index contributed by atoms with van der Waals surface area (Å²) < 4.78 is 12.1. The molecule has 0 radical (unpaired) electrons. The van der Waals surface area contributed by atoms with Gasteiger partial charge in [0.1, 0.15) is 6.73 Å². The minimum absolute atomic E-state index is 0.0866. The predicted molar refractivity (Wildman–Crippen MR) is 78.1 cm³/mol. The first-order valence-electron chi connectivity index (χ1n) is 6.66. The van der Waals surface area contributed by atoms with Gasteiger partial charge >= 0.3 is 5.69 Å². The number of ether oxygens (including phenoxy) is 2. The molecule has 0 aliphatic heterocycles. The zero-order chi connectivity index (χ0) is 15.1. The van der Waals surface area contributed by atoms with Crippen molar-refractivity contribution in [3.63, 3.8) is 0 Å². The van der Waals surface area contributed by atoms with E-state index in [9.17, 15) is 9.59 Å². The van der Waals surface area contributed by atoms with E-state index in [2.05, 4.69) is 4.98 Å². The molecular formula is C15H18N2O4. The normalized spacial score (nSPS) is 10.7. The molecule has 0 saturated heterocycles. The van der Waals surface area contributed by atoms with Crippen molar-refractivity contribution in [1.82, 2.24) is 9.55 Å². The van der Waals surface area contributed by atoms with Gasteiger partial charge in [0.15, 0.2) is 0 Å². The molecule has 6 nitrogen and oxygen atoms in total. The van der Waals surface area contributed by atoms with Gasteiger partial charge in [0.2, 0.25) is 0 Å². The number of aromatic nitrogens is 2. The number of nitrogens with one attached hydrogen (secondary N) is 1. The van der Waals surface area contributed by atoms with Crippen molar-refractivity contribution in [2.45, 2.75) is 20.3 Å². The first kappa shape index (κ1) is 15.2. The summed E-state index contributed by atoms with van der Waals surface area (Å²) in [5, 5.41) is 0. The largest absolute Gasteiger partial charge is 0.374 e. The number of hydrogen-bond donors (Lipinski definition) is 1. The number of rotatable bonds is 7. The zero-order valence-electron chi connectivity index (χ0n) is 11.9. The van der Waals surface area contributed by atoms with Gasteiger partial charge in [-0.2, -0.15) is 0 Å². The van der Waals surface area contributed by atoms with Crippen LogP contribution in [0.5, 0.6) is 0 Å². The Kier molecular flexibility index (Phi) is 5.48. The molecule has 0 spiro atoms. The number of hydrogen-bond acceptors (Lipinski definition) is 4. The molecule has 0 atom stereocenters. The molecule has 21 heavy (non-hydrogen) atoms. The quantitative estimate of drug-likeness (QED) is 0.773. The SMILES string of the molecule is Cc1ccccc1COCCOCn1ccc(=O)[nH]c1=O. The number of H-pyrrole nitrogens is 1. The Labute approximate surface area is 122 Å². The van der Waals surface area contributed by atoms with Gasteiger partial charge in [0.05, 0.1) is 19.8 Å². The third-order valence-electron chi connectivity index (χ3n) is 3.02. The third-order valence-corrected chi connectivity index (χ3v) is 3.02. The second-order valence-electron chi connectivity index (χ2n) is 4.60. The smallest absolute Gasteiger partial charge is 0.330 e. The van der Waals surface area contributed by atoms with Crippen LogP contribution in [0.2, 0.25) is 0 Å². The molecule has 0 amide bonds. The van der Waals surface area contributed by atoms with Crippen molar-refractivity contribution in [3.05, 3.63) is 68.5 Å². The molecule has 0 aliphatic carbocycles. The highest BCUT2D eigenvalue weighted by Crippen LogP contribution is 2.07. The van der Waals surface area contributed by atoms with Crippen LogP contribution in [0.3, 0.4) is 0 Å². The maximum atomic E-state index is 11.4. The van der Waals surface area contributed by atoms with Crippen LogP contribution >= 0.6 is 0 Å². The summed E-state index contributed by atoms with van der Waals surface area (Å²) in [5.74, 6) is 0. The van der Waals surface area contributed by atoms with Crippen molar-refractivity contribution in [2.24, 2.45) is 0 Å². The molecule has 0 bridgehead atoms. The van der Waals surface area contributed by atoms with E-state index in [0.717, 1.165) is 5.56 Å². The van der Waals surface area contributed by atoms with Gasteiger partial charge in [0.25, 0.3) is 5.56 Å². The monoisotopic (exact) mass is 290 g/mol. The maximum absolute atomic E-state index is 11.4. The highest BCUT2D eigenvalue weighted by atomic mass is 16.5. The Morgan fingerprint density at radius 2 is 1.86 bits per heavy atom. The van der Waals surface area contributed by atoms with Crippen LogP contribution in [0.4, 0.5) is 0 Å². The molecular weight excluding hydrogens is 272 g/mol. The number of aryl methyl sites for hydroxylation is 1. The lowest BCUT2D eigenvalue weighted by atomic mass is 10.1. The van der Waals surface area contributed by atoms with E-state index in [1.54, 1.807) is 0 Å². The van der Waals surface area contributed by atoms with Gasteiger partial charge in [-0.3, -0.25) is 14.3 Å². The topological polar surface area (TPSA) is 73.3 Å². The summed E-state index contributed by atoms with van der Waals surface area (Å²) in [6, 6.07) is 9.31. The fourth-order valence-electron chi connectivity index (χ4n) is 1.78. The second-order valence-corrected chi connectivity index (χ2v) is 4.60. The van der Waals surface area contributed by atoms with Crippen molar-refractivity contribution in [3.8, 4) is 0 Å². The van der Waals surface area contributed by atoms with Crippen molar-refractivity contribution in [2.75, 3.05) is 13.2 Å². The van der Waals surface area contributed by atoms with E-state index < -0.39 is 11.2 Å². The average molecular weight is 290 g/mol. The van der Waals surface area contributed by atoms with Crippen LogP contribution < -0.4 is 11.2 Å². The second kappa shape index (κ2) is 7.56. The molecule has 0 fully saturated rings. The molecule has 0 aliphatic rings. The molecule has 0 saturated carbocycles. The van der Waals surface area contributed by atoms with E-state index >= 15 is 0 Å². The molecule has 112 valence electrons. The van der Waals surface area contributed by atoms with Crippen LogP contribution in [-0.2, 0) is 22.8 Å². The predicted octanol–water partition coefficient (Wildman–Crippen LogP) is 1.04. The number of aromatic amines is 1. The van der Waals surface area contributed by atoms with Gasteiger partial charge < -0.3 is 9.47 Å². The van der Waals surface area contributed by atoms with Crippen molar-refractivity contribution < 1.29 is 9.47 Å². The zero-order valence-corrected chi connectivity index (χ0v) is 11.9. The minimum Gasteiger partial charge on any atom is -0.374 e. The van der Waals surface area contributed by atoms with E-state index in [-0.39, 0.29) is 6.73 Å². The fraction of sp³-hybridized carbons (Fsp3) is 0.333. The summed E-state index contributed by atoms with van der Waals surface area (Å²) in [6.45, 7) is 3.47. The molecule has 2 rings (SSSR count). The van der Waals surface area contributed by atoms with Crippen LogP contribution in [0.15, 0.2) is 46.1 Å². The van der Waals surface area contributed by atoms with Gasteiger partial charge in [-0.15, -0.1) is 0 Å². The molecule has 1 heterocycles. The number of nitrogens with zero attached hydrogens (tertiary/aromatic N) is 1. The lowest BCUT2D eigenvalue weighted by Crippen LogP contribution is -2.29. The molecule has 1 N–H and O–H groups in total. The van der Waals surface area contributed by atoms with Crippen LogP contribution in [0.1, 0.15) is 11.1 Å². The molecule has 2 aromatic rings. The average Bonchev–Trinajstić information content (AvgIpc) is 2.46. The van der Waals surface area contributed by atoms with E-state index in [1.807, 2.05) is 31.2 Å². The Balaban J connectivity index is 1.67. The summed E-state index contributed by atoms with van der Waals surface area (Å²) in [4.78, 5) is 24.4. The van der Waals surface area contributed by atoms with Crippen LogP contribution in [0, 0.1) is 6.92 Å². The van der Waals surface area contributed by atoms with E-state index in [4.69, 9.17) is 9.47 Å². The first-order valence-corrected chi connectivity index (χ1v) is 6.66. The highest BCUT2D eigenvalue weighted by Gasteiger charge is 1.98. The summed E-state index contributed by atoms with van der Waals surface area (Å²) in [6.07, 6.45) is 1.40. The molecule has 6 heteroatoms. The Morgan fingerprint density at radius 3 is 2.62 bits per heavy atom. The molecule has 0 unspecified atom stereocenters. The summed E-state index contributed by atoms with van der Waals surface area (Å²) in [7, 11) is 0. The van der Waals surface area contributed by atoms with Gasteiger partial charge in [-0.05, 0) is 18.1 Å². The number of benzene rings is 1. The Bertz CT molecular complexity index is 690. The van der Waals surface area contributed by atoms with Crippen molar-refractivity contribution >= 4 is 0 Å². The first-order chi connectivity index (χ1) is 10.2. The van der Waals surface area contributed by atoms with Gasteiger partial charge in [-0.1, -0.05) is 24.3 Å². The maximum Gasteiger partial charge on any atom is 0.330 e. The summed E-state index contributed by atoms with van der Waals surface area (Å²) in [5.41, 5.74) is 1.44. The summed E-state index contributed by atoms with van der Waals surface area (Å²) >= 11 is 0. The third kappa shape index (κ3) is 4.70. The van der Waals surface area contributed by atoms with Crippen molar-refractivity contribution in [1.29, 1.82) is 0 Å². The van der Waals surface area contributed by atoms with Crippen LogP contribution in [-0.4, -0.2) is 22.8 Å². The van der Waals surface area contributed by atoms with E-state index in [0.29, 0.717) is 19.8 Å². The van der Waals surface area contributed by atoms with Crippen LogP contribution in [0.25, 0.3) is 0 Å². The van der Waals surface area contributed by atoms with E-state index in [1.165, 1.54) is 22.4 Å². The van der Waals surface area contributed by atoms with Gasteiger partial charge in [0, 0.05) is 12.3 Å². The highest BCUT2D eigenvalue weighted by molar-refractivity contribution is 5.24. The fourth-order valence-corrected chi connectivity index (χ4v) is 1.78. The molecule has 1 aromatic heterocycles. The standard InChI is InChI=1S/C15H18N2O4/c1-12-4-2-3-5-13(12)10-20-8-9-21-11-17-7-6-14(18)16-15(17)19/h2-7H,8-11H2,1H3,(H,16,18,19). The Hall–Kier alpha value is -2.18. The lowest BCUT2D eigenvalue weighted by molar-refractivity contribution is 0.0119. The Morgan fingerprint density at radius 1 is 1.10 bits per heavy atom. The lowest BCUT2D eigenvalue weighted by Gasteiger charge is -2.08. The van der Waals surface area contributed by atoms with Gasteiger partial charge in [-0.25, -0.2) is 4.79 Å². The molecule has 1 aromatic carbocycles. The minimum atomic E-state index is -0.483.